The Morgan fingerprint density at radius 2 is 1.71 bits per heavy atom. The second-order valence-corrected chi connectivity index (χ2v) is 7.04. The van der Waals surface area contributed by atoms with E-state index in [1.807, 2.05) is 4.90 Å². The Kier molecular flexibility index (Phi) is 6.99. The van der Waals surface area contributed by atoms with Gasteiger partial charge in [-0.05, 0) is 31.1 Å². The van der Waals surface area contributed by atoms with Crippen molar-refractivity contribution in [3.05, 3.63) is 0 Å². The van der Waals surface area contributed by atoms with E-state index < -0.39 is 5.97 Å². The van der Waals surface area contributed by atoms with Crippen molar-refractivity contribution in [1.29, 1.82) is 0 Å². The number of carbonyl (C=O) groups is 2. The lowest BCUT2D eigenvalue weighted by Crippen LogP contribution is -2.49. The molecule has 1 rings (SSSR count). The summed E-state index contributed by atoms with van der Waals surface area (Å²) < 4.78 is 0. The fraction of sp³-hybridized carbons (Fsp3) is 0.875. The summed E-state index contributed by atoms with van der Waals surface area (Å²) in [6.45, 7) is 9.87. The van der Waals surface area contributed by atoms with E-state index in [0.717, 1.165) is 32.4 Å². The minimum atomic E-state index is -0.741. The first-order valence-corrected chi connectivity index (χ1v) is 8.07. The van der Waals surface area contributed by atoms with Gasteiger partial charge in [-0.15, -0.1) is 0 Å². The summed E-state index contributed by atoms with van der Waals surface area (Å²) in [4.78, 5) is 25.4. The molecule has 1 saturated carbocycles. The van der Waals surface area contributed by atoms with Crippen molar-refractivity contribution in [2.75, 3.05) is 13.1 Å². The number of hydrogen-bond acceptors (Lipinski definition) is 2. The minimum absolute atomic E-state index is 0.00539. The quantitative estimate of drug-likeness (QED) is 0.792. The maximum Gasteiger partial charge on any atom is 0.317 e. The highest BCUT2D eigenvalue weighted by Crippen LogP contribution is 2.24. The molecule has 0 aromatic carbocycles. The van der Waals surface area contributed by atoms with Gasteiger partial charge in [-0.2, -0.15) is 0 Å². The van der Waals surface area contributed by atoms with Crippen molar-refractivity contribution >= 4 is 12.0 Å². The van der Waals surface area contributed by atoms with Gasteiger partial charge >= 0.3 is 12.0 Å². The smallest absolute Gasteiger partial charge is 0.317 e. The lowest BCUT2D eigenvalue weighted by atomic mass is 9.86. The summed E-state index contributed by atoms with van der Waals surface area (Å²) >= 11 is 0. The van der Waals surface area contributed by atoms with Crippen LogP contribution < -0.4 is 5.32 Å². The Bertz CT molecular complexity index is 345. The molecule has 1 aliphatic carbocycles. The Hall–Kier alpha value is -1.26. The molecular weight excluding hydrogens is 268 g/mol. The number of carbonyl (C=O) groups excluding carboxylic acids is 1. The second kappa shape index (κ2) is 8.25. The van der Waals surface area contributed by atoms with Crippen LogP contribution >= 0.6 is 0 Å². The van der Waals surface area contributed by atoms with Gasteiger partial charge in [0.15, 0.2) is 0 Å². The third-order valence-corrected chi connectivity index (χ3v) is 3.81. The average Bonchev–Trinajstić information content (AvgIpc) is 2.37. The van der Waals surface area contributed by atoms with E-state index in [4.69, 9.17) is 5.11 Å². The maximum absolute atomic E-state index is 12.4. The Labute approximate surface area is 128 Å². The van der Waals surface area contributed by atoms with Crippen LogP contribution in [0.15, 0.2) is 0 Å². The second-order valence-electron chi connectivity index (χ2n) is 7.04. The van der Waals surface area contributed by atoms with Gasteiger partial charge in [0.05, 0.1) is 5.92 Å². The molecule has 2 N–H and O–H groups in total. The van der Waals surface area contributed by atoms with E-state index in [9.17, 15) is 9.59 Å². The summed E-state index contributed by atoms with van der Waals surface area (Å²) in [5.74, 6) is -0.205. The molecule has 5 nitrogen and oxygen atoms in total. The molecule has 0 bridgehead atoms. The van der Waals surface area contributed by atoms with E-state index in [1.54, 1.807) is 0 Å². The van der Waals surface area contributed by atoms with Crippen molar-refractivity contribution in [3.8, 4) is 0 Å². The summed E-state index contributed by atoms with van der Waals surface area (Å²) in [6, 6.07) is -0.0531. The summed E-state index contributed by atoms with van der Waals surface area (Å²) in [6.07, 6.45) is 3.03. The zero-order valence-corrected chi connectivity index (χ0v) is 13.8. The van der Waals surface area contributed by atoms with Crippen LogP contribution in [0.5, 0.6) is 0 Å². The first-order chi connectivity index (χ1) is 9.79. The van der Waals surface area contributed by atoms with Crippen LogP contribution in [-0.2, 0) is 4.79 Å². The molecule has 2 amide bonds. The number of hydrogen-bond donors (Lipinski definition) is 2. The maximum atomic E-state index is 12.4. The average molecular weight is 298 g/mol. The van der Waals surface area contributed by atoms with Gasteiger partial charge in [-0.1, -0.05) is 34.1 Å². The SMILES string of the molecule is CC(C)CN(CC(C)C)C(=O)NC1CCCC(C(=O)O)C1. The molecule has 122 valence electrons. The van der Waals surface area contributed by atoms with E-state index in [2.05, 4.69) is 33.0 Å². The molecule has 0 aliphatic heterocycles. The predicted octanol–water partition coefficient (Wildman–Crippen LogP) is 2.95. The van der Waals surface area contributed by atoms with Crippen LogP contribution in [0.2, 0.25) is 0 Å². The molecule has 0 aromatic heterocycles. The fourth-order valence-electron chi connectivity index (χ4n) is 2.93. The molecule has 0 saturated heterocycles. The highest BCUT2D eigenvalue weighted by atomic mass is 16.4. The monoisotopic (exact) mass is 298 g/mol. The van der Waals surface area contributed by atoms with Crippen molar-refractivity contribution in [2.24, 2.45) is 17.8 Å². The fourth-order valence-corrected chi connectivity index (χ4v) is 2.93. The van der Waals surface area contributed by atoms with Crippen molar-refractivity contribution in [3.63, 3.8) is 0 Å². The largest absolute Gasteiger partial charge is 0.481 e. The van der Waals surface area contributed by atoms with Gasteiger partial charge < -0.3 is 15.3 Å². The number of amides is 2. The molecule has 5 heteroatoms. The normalized spacial score (nSPS) is 22.4. The van der Waals surface area contributed by atoms with E-state index in [0.29, 0.717) is 18.3 Å². The van der Waals surface area contributed by atoms with Gasteiger partial charge in [0.2, 0.25) is 0 Å². The van der Waals surface area contributed by atoms with Gasteiger partial charge in [-0.25, -0.2) is 4.79 Å². The highest BCUT2D eigenvalue weighted by Gasteiger charge is 2.29. The topological polar surface area (TPSA) is 69.6 Å². The molecule has 0 spiro atoms. The van der Waals surface area contributed by atoms with Crippen LogP contribution in [0.25, 0.3) is 0 Å². The molecule has 1 fully saturated rings. The van der Waals surface area contributed by atoms with Gasteiger partial charge in [0.1, 0.15) is 0 Å². The lowest BCUT2D eigenvalue weighted by molar-refractivity contribution is -0.143. The zero-order valence-electron chi connectivity index (χ0n) is 13.8. The van der Waals surface area contributed by atoms with Crippen molar-refractivity contribution in [1.82, 2.24) is 10.2 Å². The number of urea groups is 1. The molecule has 0 radical (unpaired) electrons. The number of rotatable bonds is 6. The van der Waals surface area contributed by atoms with Crippen LogP contribution in [0.4, 0.5) is 4.79 Å². The summed E-state index contributed by atoms with van der Waals surface area (Å²) in [5, 5.41) is 12.2. The first kappa shape index (κ1) is 17.8. The first-order valence-electron chi connectivity index (χ1n) is 8.07. The third kappa shape index (κ3) is 6.36. The molecule has 0 heterocycles. The molecule has 1 aliphatic rings. The Morgan fingerprint density at radius 1 is 1.14 bits per heavy atom. The highest BCUT2D eigenvalue weighted by molar-refractivity contribution is 5.75. The summed E-state index contributed by atoms with van der Waals surface area (Å²) in [5.41, 5.74) is 0. The van der Waals surface area contributed by atoms with Gasteiger partial charge in [0, 0.05) is 19.1 Å². The number of aliphatic carboxylic acids is 1. The van der Waals surface area contributed by atoms with Crippen molar-refractivity contribution < 1.29 is 14.7 Å². The molecule has 0 aromatic rings. The Balaban J connectivity index is 2.57. The number of nitrogens with zero attached hydrogens (tertiary/aromatic N) is 1. The third-order valence-electron chi connectivity index (χ3n) is 3.81. The van der Waals surface area contributed by atoms with Crippen molar-refractivity contribution in [2.45, 2.75) is 59.4 Å². The van der Waals surface area contributed by atoms with E-state index >= 15 is 0 Å². The molecule has 21 heavy (non-hydrogen) atoms. The van der Waals surface area contributed by atoms with Crippen LogP contribution in [0.1, 0.15) is 53.4 Å². The van der Waals surface area contributed by atoms with E-state index in [-0.39, 0.29) is 18.0 Å². The number of carboxylic acid groups (broad SMARTS) is 1. The Morgan fingerprint density at radius 3 is 2.19 bits per heavy atom. The van der Waals surface area contributed by atoms with Crippen LogP contribution in [0.3, 0.4) is 0 Å². The van der Waals surface area contributed by atoms with Gasteiger partial charge in [0.25, 0.3) is 0 Å². The molecule has 2 atom stereocenters. The van der Waals surface area contributed by atoms with E-state index in [1.165, 1.54) is 0 Å². The number of nitrogens with one attached hydrogen (secondary N) is 1. The lowest BCUT2D eigenvalue weighted by Gasteiger charge is -2.32. The molecular formula is C16H30N2O3. The summed E-state index contributed by atoms with van der Waals surface area (Å²) in [7, 11) is 0. The van der Waals surface area contributed by atoms with Gasteiger partial charge in [-0.3, -0.25) is 4.79 Å². The number of carboxylic acids is 1. The predicted molar refractivity (Wildman–Crippen MR) is 83.2 cm³/mol. The van der Waals surface area contributed by atoms with Crippen LogP contribution in [0, 0.1) is 17.8 Å². The standard InChI is InChI=1S/C16H30N2O3/c1-11(2)9-18(10-12(3)4)16(21)17-14-7-5-6-13(8-14)15(19)20/h11-14H,5-10H2,1-4H3,(H,17,21)(H,19,20). The van der Waals surface area contributed by atoms with Crippen LogP contribution in [-0.4, -0.2) is 41.1 Å². The molecule has 2 unspecified atom stereocenters. The minimum Gasteiger partial charge on any atom is -0.481 e. The zero-order chi connectivity index (χ0) is 16.0.